The van der Waals surface area contributed by atoms with Crippen LogP contribution in [0.4, 0.5) is 11.6 Å². The van der Waals surface area contributed by atoms with Crippen molar-refractivity contribution in [3.8, 4) is 0 Å². The molecule has 0 amide bonds. The zero-order valence-electron chi connectivity index (χ0n) is 16.9. The Balaban J connectivity index is 1.60. The lowest BCUT2D eigenvalue weighted by molar-refractivity contribution is 0.383. The van der Waals surface area contributed by atoms with E-state index in [-0.39, 0.29) is 5.75 Å². The summed E-state index contributed by atoms with van der Waals surface area (Å²) in [5.74, 6) is 1.72. The molecule has 0 spiro atoms. The Morgan fingerprint density at radius 3 is 2.29 bits per heavy atom. The fraction of sp³-hybridized carbons (Fsp3) is 0.500. The molecule has 3 rings (SSSR count). The van der Waals surface area contributed by atoms with Crippen molar-refractivity contribution in [2.24, 2.45) is 0 Å². The van der Waals surface area contributed by atoms with Crippen LogP contribution in [0.25, 0.3) is 0 Å². The first-order chi connectivity index (χ1) is 13.4. The van der Waals surface area contributed by atoms with Gasteiger partial charge in [0.05, 0.1) is 5.75 Å². The number of anilines is 2. The smallest absolute Gasteiger partial charge is 0.218 e. The quantitative estimate of drug-likeness (QED) is 0.706. The van der Waals surface area contributed by atoms with Gasteiger partial charge in [-0.3, -0.25) is 0 Å². The molecule has 0 atom stereocenters. The molecule has 0 N–H and O–H groups in total. The Kier molecular flexibility index (Phi) is 6.51. The van der Waals surface area contributed by atoms with Gasteiger partial charge in [0, 0.05) is 39.3 Å². The lowest BCUT2D eigenvalue weighted by atomic mass is 10.2. The van der Waals surface area contributed by atoms with Crippen molar-refractivity contribution in [3.05, 3.63) is 47.5 Å². The highest BCUT2D eigenvalue weighted by Crippen LogP contribution is 2.19. The molecular formula is C20H29N5O2S. The summed E-state index contributed by atoms with van der Waals surface area (Å²) in [6, 6.07) is 11.6. The van der Waals surface area contributed by atoms with Gasteiger partial charge in [0.15, 0.2) is 11.6 Å². The molecule has 2 aromatic rings. The molecule has 152 valence electrons. The van der Waals surface area contributed by atoms with Crippen molar-refractivity contribution in [3.63, 3.8) is 0 Å². The van der Waals surface area contributed by atoms with Crippen LogP contribution in [0.15, 0.2) is 36.4 Å². The summed E-state index contributed by atoms with van der Waals surface area (Å²) in [5.41, 5.74) is 1.91. The molecule has 0 unspecified atom stereocenters. The number of rotatable bonds is 7. The number of nitrogens with zero attached hydrogens (tertiary/aromatic N) is 5. The lowest BCUT2D eigenvalue weighted by Gasteiger charge is -2.34. The number of sulfonamides is 1. The van der Waals surface area contributed by atoms with Gasteiger partial charge in [0.1, 0.15) is 0 Å². The van der Waals surface area contributed by atoms with Crippen molar-refractivity contribution in [2.75, 3.05) is 49.1 Å². The molecule has 2 heterocycles. The summed E-state index contributed by atoms with van der Waals surface area (Å²) in [7, 11) is -3.32. The van der Waals surface area contributed by atoms with E-state index >= 15 is 0 Å². The molecule has 1 aliphatic heterocycles. The molecule has 1 aliphatic rings. The second-order valence-electron chi connectivity index (χ2n) is 7.05. The number of hydrogen-bond donors (Lipinski definition) is 0. The number of aromatic nitrogens is 2. The fourth-order valence-electron chi connectivity index (χ4n) is 3.50. The predicted octanol–water partition coefficient (Wildman–Crippen LogP) is 2.28. The Morgan fingerprint density at radius 1 is 1.00 bits per heavy atom. The lowest BCUT2D eigenvalue weighted by Crippen LogP contribution is -2.49. The van der Waals surface area contributed by atoms with Gasteiger partial charge in [-0.1, -0.05) is 29.8 Å². The maximum absolute atomic E-state index is 12.8. The van der Waals surface area contributed by atoms with Crippen molar-refractivity contribution in [2.45, 2.75) is 26.5 Å². The van der Waals surface area contributed by atoms with Gasteiger partial charge in [0.25, 0.3) is 0 Å². The summed E-state index contributed by atoms with van der Waals surface area (Å²) in [6.07, 6.45) is 0. The van der Waals surface area contributed by atoms with E-state index in [9.17, 15) is 8.42 Å². The van der Waals surface area contributed by atoms with Crippen molar-refractivity contribution < 1.29 is 8.42 Å². The van der Waals surface area contributed by atoms with Crippen LogP contribution in [0.2, 0.25) is 0 Å². The van der Waals surface area contributed by atoms with E-state index in [4.69, 9.17) is 0 Å². The molecular weight excluding hydrogens is 374 g/mol. The van der Waals surface area contributed by atoms with E-state index in [0.29, 0.717) is 26.2 Å². The maximum Gasteiger partial charge on any atom is 0.218 e. The standard InChI is InChI=1S/C20H29N5O2S/c1-4-23(5-2)19-9-10-20(22-21-19)24-11-13-25(14-12-24)28(26,27)16-18-8-6-7-17(3)15-18/h6-10,15H,4-5,11-14,16H2,1-3H3. The van der Waals surface area contributed by atoms with Crippen LogP contribution in [-0.2, 0) is 15.8 Å². The normalized spacial score (nSPS) is 15.6. The average Bonchev–Trinajstić information content (AvgIpc) is 2.69. The van der Waals surface area contributed by atoms with E-state index in [0.717, 1.165) is 35.9 Å². The zero-order chi connectivity index (χ0) is 20.1. The summed E-state index contributed by atoms with van der Waals surface area (Å²) in [4.78, 5) is 4.24. The van der Waals surface area contributed by atoms with Crippen LogP contribution in [0.5, 0.6) is 0 Å². The summed E-state index contributed by atoms with van der Waals surface area (Å²) >= 11 is 0. The second kappa shape index (κ2) is 8.87. The Morgan fingerprint density at radius 2 is 1.71 bits per heavy atom. The first-order valence-corrected chi connectivity index (χ1v) is 11.4. The predicted molar refractivity (Wildman–Crippen MR) is 113 cm³/mol. The molecule has 1 saturated heterocycles. The minimum Gasteiger partial charge on any atom is -0.356 e. The van der Waals surface area contributed by atoms with Gasteiger partial charge in [-0.05, 0) is 38.5 Å². The van der Waals surface area contributed by atoms with E-state index in [1.54, 1.807) is 4.31 Å². The molecule has 0 aliphatic carbocycles. The molecule has 1 aromatic carbocycles. The second-order valence-corrected chi connectivity index (χ2v) is 9.02. The van der Waals surface area contributed by atoms with E-state index in [1.165, 1.54) is 0 Å². The Hall–Kier alpha value is -2.19. The molecule has 8 heteroatoms. The molecule has 0 radical (unpaired) electrons. The maximum atomic E-state index is 12.8. The minimum atomic E-state index is -3.32. The van der Waals surface area contributed by atoms with Gasteiger partial charge in [-0.25, -0.2) is 8.42 Å². The third-order valence-corrected chi connectivity index (χ3v) is 6.96. The van der Waals surface area contributed by atoms with Gasteiger partial charge < -0.3 is 9.80 Å². The van der Waals surface area contributed by atoms with Crippen LogP contribution in [0.1, 0.15) is 25.0 Å². The van der Waals surface area contributed by atoms with Gasteiger partial charge >= 0.3 is 0 Å². The van der Waals surface area contributed by atoms with Crippen molar-refractivity contribution in [1.29, 1.82) is 0 Å². The summed E-state index contributed by atoms with van der Waals surface area (Å²) < 4.78 is 27.1. The van der Waals surface area contributed by atoms with Crippen LogP contribution in [-0.4, -0.2) is 62.2 Å². The number of benzene rings is 1. The Labute approximate surface area is 168 Å². The van der Waals surface area contributed by atoms with Crippen molar-refractivity contribution >= 4 is 21.7 Å². The average molecular weight is 404 g/mol. The first kappa shape index (κ1) is 20.5. The highest BCUT2D eigenvalue weighted by molar-refractivity contribution is 7.88. The number of aryl methyl sites for hydroxylation is 1. The molecule has 28 heavy (non-hydrogen) atoms. The largest absolute Gasteiger partial charge is 0.356 e. The minimum absolute atomic E-state index is 0.0487. The van der Waals surface area contributed by atoms with Gasteiger partial charge in [0.2, 0.25) is 10.0 Å². The van der Waals surface area contributed by atoms with Crippen LogP contribution < -0.4 is 9.80 Å². The molecule has 0 saturated carbocycles. The topological polar surface area (TPSA) is 69.6 Å². The van der Waals surface area contributed by atoms with Crippen LogP contribution in [0.3, 0.4) is 0 Å². The zero-order valence-corrected chi connectivity index (χ0v) is 17.7. The summed E-state index contributed by atoms with van der Waals surface area (Å²) in [5, 5.41) is 8.68. The summed E-state index contributed by atoms with van der Waals surface area (Å²) in [6.45, 7) is 10.1. The monoisotopic (exact) mass is 403 g/mol. The first-order valence-electron chi connectivity index (χ1n) is 9.80. The Bertz CT molecular complexity index is 874. The molecule has 7 nitrogen and oxygen atoms in total. The van der Waals surface area contributed by atoms with Crippen LogP contribution >= 0.6 is 0 Å². The molecule has 1 fully saturated rings. The number of hydrogen-bond acceptors (Lipinski definition) is 6. The van der Waals surface area contributed by atoms with E-state index < -0.39 is 10.0 Å². The van der Waals surface area contributed by atoms with E-state index in [2.05, 4.69) is 33.8 Å². The highest BCUT2D eigenvalue weighted by atomic mass is 32.2. The number of piperazine rings is 1. The molecule has 0 bridgehead atoms. The van der Waals surface area contributed by atoms with Gasteiger partial charge in [-0.15, -0.1) is 10.2 Å². The third-order valence-electron chi connectivity index (χ3n) is 5.11. The fourth-order valence-corrected chi connectivity index (χ4v) is 5.01. The van der Waals surface area contributed by atoms with Gasteiger partial charge in [-0.2, -0.15) is 4.31 Å². The molecule has 1 aromatic heterocycles. The third kappa shape index (κ3) is 4.80. The van der Waals surface area contributed by atoms with Crippen LogP contribution in [0, 0.1) is 6.92 Å². The van der Waals surface area contributed by atoms with Crippen molar-refractivity contribution in [1.82, 2.24) is 14.5 Å². The SMILES string of the molecule is CCN(CC)c1ccc(N2CCN(S(=O)(=O)Cc3cccc(C)c3)CC2)nn1. The highest BCUT2D eigenvalue weighted by Gasteiger charge is 2.27. The van der Waals surface area contributed by atoms with E-state index in [1.807, 2.05) is 43.3 Å².